The molecule has 436 valence electrons. The molecule has 1 saturated heterocycles. The van der Waals surface area contributed by atoms with Crippen LogP contribution in [0.3, 0.4) is 0 Å². The molecule has 0 radical (unpaired) electrons. The number of carbonyl (C=O) groups excluding carboxylic acids is 9. The molecule has 0 spiro atoms. The van der Waals surface area contributed by atoms with E-state index in [4.69, 9.17) is 45.0 Å². The number of nitrogens with zero attached hydrogens (tertiary/aromatic N) is 2. The number of carbonyl (C=O) groups is 9. The summed E-state index contributed by atoms with van der Waals surface area (Å²) in [6.07, 6.45) is 1.44. The fraction of sp³-hybridized carbons (Fsp3) is 0.456. The van der Waals surface area contributed by atoms with Crippen molar-refractivity contribution in [2.75, 3.05) is 19.7 Å². The van der Waals surface area contributed by atoms with Crippen molar-refractivity contribution in [2.45, 2.75) is 134 Å². The summed E-state index contributed by atoms with van der Waals surface area (Å²) in [4.78, 5) is 138. The number of H-pyrrole nitrogens is 1. The number of ether oxygens (including phenoxy) is 1. The molecule has 81 heavy (non-hydrogen) atoms. The zero-order valence-corrected chi connectivity index (χ0v) is 46.3. The molecular formula is C57H76ClN13O10. The van der Waals surface area contributed by atoms with Gasteiger partial charge >= 0.3 is 0 Å². The van der Waals surface area contributed by atoms with Gasteiger partial charge in [-0.2, -0.15) is 0 Å². The van der Waals surface area contributed by atoms with Crippen molar-refractivity contribution in [2.24, 2.45) is 50.5 Å². The van der Waals surface area contributed by atoms with Gasteiger partial charge in [-0.25, -0.2) is 0 Å². The van der Waals surface area contributed by atoms with Gasteiger partial charge in [0.2, 0.25) is 35.4 Å². The Balaban J connectivity index is 1.57. The number of fused-ring (bicyclic) bond motifs is 1. The number of rotatable bonds is 20. The van der Waals surface area contributed by atoms with Crippen LogP contribution in [0.2, 0.25) is 5.02 Å². The first-order chi connectivity index (χ1) is 38.8. The molecule has 3 aromatic carbocycles. The van der Waals surface area contributed by atoms with Crippen LogP contribution in [-0.4, -0.2) is 120 Å². The maximum Gasteiger partial charge on any atom is 0.245 e. The average molecular weight is 1140 g/mol. The van der Waals surface area contributed by atoms with E-state index in [1.54, 1.807) is 54.7 Å². The van der Waals surface area contributed by atoms with Crippen molar-refractivity contribution in [1.82, 2.24) is 31.6 Å². The Labute approximate surface area is 475 Å². The zero-order chi connectivity index (χ0) is 58.8. The molecule has 1 aliphatic rings. The van der Waals surface area contributed by atoms with Crippen molar-refractivity contribution in [1.29, 1.82) is 0 Å². The molecule has 2 heterocycles. The predicted octanol–water partition coefficient (Wildman–Crippen LogP) is 1.93. The van der Waals surface area contributed by atoms with E-state index in [1.807, 2.05) is 30.3 Å². The van der Waals surface area contributed by atoms with Gasteiger partial charge < -0.3 is 65.0 Å². The summed E-state index contributed by atoms with van der Waals surface area (Å²) in [6.45, 7) is 0.990. The molecule has 5 rings (SSSR count). The number of nitrogens with two attached hydrogens (primary N) is 5. The Kier molecular flexibility index (Phi) is 25.8. The largest absolute Gasteiger partial charge is 0.374 e. The number of halogens is 1. The van der Waals surface area contributed by atoms with Crippen LogP contribution in [0.1, 0.15) is 101 Å². The number of amides is 6. The van der Waals surface area contributed by atoms with Gasteiger partial charge in [0, 0.05) is 86.1 Å². The molecule has 6 amide bonds. The number of Topliss-reactive ketones (excluding diaryl/α,β-unsaturated/α-hetero) is 3. The quantitative estimate of drug-likeness (QED) is 0.0342. The lowest BCUT2D eigenvalue weighted by molar-refractivity contribution is -0.136. The second-order valence-corrected chi connectivity index (χ2v) is 20.6. The molecule has 4 aromatic rings. The number of hydrogen-bond acceptors (Lipinski definition) is 12. The maximum absolute atomic E-state index is 15.0. The van der Waals surface area contributed by atoms with Crippen LogP contribution in [0.15, 0.2) is 95.0 Å². The SMILES string of the molecule is CC(=O)N[C@@H](CCCN=C(N)N)C(=O)N[C@H]1CCC(=O)CCCC[C@@H](C(N)=O)NC(=O)[C@H](Cc2c[nH]c3ccccc23)CC(=O)[C@H](CCCN=C(N)N)CC(=O)[C@@H](Cc2ccccc2Cl)NC(=O)[C@H](COCc2ccccc2)NC1=O. The summed E-state index contributed by atoms with van der Waals surface area (Å²) < 4.78 is 6.03. The smallest absolute Gasteiger partial charge is 0.245 e. The van der Waals surface area contributed by atoms with E-state index in [2.05, 4.69) is 41.6 Å². The molecule has 24 heteroatoms. The molecule has 0 saturated carbocycles. The van der Waals surface area contributed by atoms with E-state index < -0.39 is 102 Å². The van der Waals surface area contributed by atoms with Crippen LogP contribution >= 0.6 is 11.6 Å². The van der Waals surface area contributed by atoms with E-state index in [0.717, 1.165) is 22.0 Å². The first kappa shape index (κ1) is 63.6. The number of guanidine groups is 2. The molecular weight excluding hydrogens is 1060 g/mol. The van der Waals surface area contributed by atoms with Crippen molar-refractivity contribution in [3.63, 3.8) is 0 Å². The second-order valence-electron chi connectivity index (χ2n) is 20.2. The van der Waals surface area contributed by atoms with Crippen LogP contribution in [0.5, 0.6) is 0 Å². The summed E-state index contributed by atoms with van der Waals surface area (Å²) in [5, 5.41) is 14.6. The topological polar surface area (TPSA) is 394 Å². The zero-order valence-electron chi connectivity index (χ0n) is 45.6. The summed E-state index contributed by atoms with van der Waals surface area (Å²) in [6, 6.07) is 16.3. The van der Waals surface area contributed by atoms with Gasteiger partial charge in [0.25, 0.3) is 0 Å². The van der Waals surface area contributed by atoms with Gasteiger partial charge in [-0.3, -0.25) is 53.1 Å². The Morgan fingerprint density at radius 3 is 2.07 bits per heavy atom. The molecule has 0 unspecified atom stereocenters. The summed E-state index contributed by atoms with van der Waals surface area (Å²) in [5.74, 6) is -8.45. The third-order valence-corrected chi connectivity index (χ3v) is 14.2. The van der Waals surface area contributed by atoms with E-state index in [1.165, 1.54) is 6.92 Å². The van der Waals surface area contributed by atoms with Crippen molar-refractivity contribution >= 4 is 87.2 Å². The molecule has 1 aliphatic heterocycles. The van der Waals surface area contributed by atoms with Gasteiger partial charge in [0.05, 0.1) is 19.3 Å². The minimum Gasteiger partial charge on any atom is -0.374 e. The van der Waals surface area contributed by atoms with Gasteiger partial charge in [-0.15, -0.1) is 0 Å². The van der Waals surface area contributed by atoms with Gasteiger partial charge in [0.15, 0.2) is 17.7 Å². The molecule has 16 N–H and O–H groups in total. The lowest BCUT2D eigenvalue weighted by atomic mass is 9.83. The molecule has 1 fully saturated rings. The van der Waals surface area contributed by atoms with Crippen LogP contribution in [0.25, 0.3) is 10.9 Å². The number of aromatic nitrogens is 1. The fourth-order valence-electron chi connectivity index (χ4n) is 9.50. The Morgan fingerprint density at radius 2 is 1.37 bits per heavy atom. The third kappa shape index (κ3) is 21.8. The van der Waals surface area contributed by atoms with Crippen molar-refractivity contribution < 1.29 is 47.9 Å². The molecule has 0 aliphatic carbocycles. The third-order valence-electron chi connectivity index (χ3n) is 13.8. The predicted molar refractivity (Wildman–Crippen MR) is 307 cm³/mol. The van der Waals surface area contributed by atoms with Crippen LogP contribution in [-0.2, 0) is 67.3 Å². The van der Waals surface area contributed by atoms with Crippen molar-refractivity contribution in [3.8, 4) is 0 Å². The lowest BCUT2D eigenvalue weighted by Crippen LogP contribution is -2.59. The van der Waals surface area contributed by atoms with Crippen LogP contribution < -0.4 is 55.3 Å². The Bertz CT molecular complexity index is 2870. The lowest BCUT2D eigenvalue weighted by Gasteiger charge is -2.27. The van der Waals surface area contributed by atoms with Gasteiger partial charge in [-0.1, -0.05) is 84.8 Å². The highest BCUT2D eigenvalue weighted by Gasteiger charge is 2.36. The standard InChI is InChI=1S/C57H76ClN13O10/c1-34(72)67-45(22-12-26-65-57(62)63)53(78)69-46-24-23-40(73)17-6-9-21-44(51(59)76)68-52(77)38(27-39-31-66-43-20-10-7-18-41(39)43)30-49(74)37(16-11-25-64-56(60)61)29-50(75)47(28-36-15-5-8-19-42(36)58)70-55(80)48(71-54(46)79)33-81-32-35-13-3-2-4-14-35/h2-5,7-8,10,13-15,18-20,31,37-38,44-48,66H,6,9,11-12,16-17,21-30,32-33H2,1H3,(H2,59,76)(H,67,72)(H,68,77)(H,69,78)(H,70,80)(H,71,79)(H4,60,61,64)(H4,62,63,65)/t37-,38-,44+,45+,46+,47-,48+/m1/s1. The van der Waals surface area contributed by atoms with E-state index >= 15 is 4.79 Å². The molecule has 23 nitrogen and oxygen atoms in total. The maximum atomic E-state index is 15.0. The van der Waals surface area contributed by atoms with Crippen LogP contribution in [0.4, 0.5) is 0 Å². The minimum atomic E-state index is -1.54. The van der Waals surface area contributed by atoms with E-state index in [-0.39, 0.29) is 126 Å². The normalized spacial score (nSPS) is 20.7. The minimum absolute atomic E-state index is 0.00145. The number of primary amides is 1. The summed E-state index contributed by atoms with van der Waals surface area (Å²) in [7, 11) is 0. The number of nitrogens with one attached hydrogen (secondary N) is 6. The van der Waals surface area contributed by atoms with Gasteiger partial charge in [0.1, 0.15) is 35.7 Å². The fourth-order valence-corrected chi connectivity index (χ4v) is 9.71. The monoisotopic (exact) mass is 1140 g/mol. The number of para-hydroxylation sites is 1. The summed E-state index contributed by atoms with van der Waals surface area (Å²) >= 11 is 6.67. The number of aliphatic imine (C=N–C) groups is 2. The van der Waals surface area contributed by atoms with E-state index in [9.17, 15) is 38.4 Å². The second kappa shape index (κ2) is 32.8. The molecule has 0 bridgehead atoms. The first-order valence-corrected chi connectivity index (χ1v) is 27.5. The Hall–Kier alpha value is -8.18. The number of aromatic amines is 1. The number of hydrogen-bond donors (Lipinski definition) is 11. The number of ketones is 3. The molecule has 7 atom stereocenters. The van der Waals surface area contributed by atoms with Crippen molar-refractivity contribution in [3.05, 3.63) is 107 Å². The van der Waals surface area contributed by atoms with E-state index in [0.29, 0.717) is 5.56 Å². The van der Waals surface area contributed by atoms with Crippen LogP contribution in [0, 0.1) is 11.8 Å². The highest BCUT2D eigenvalue weighted by molar-refractivity contribution is 6.31. The number of benzene rings is 3. The highest BCUT2D eigenvalue weighted by Crippen LogP contribution is 2.27. The molecule has 1 aromatic heterocycles. The summed E-state index contributed by atoms with van der Waals surface area (Å²) in [5.41, 5.74) is 30.8. The van der Waals surface area contributed by atoms with Gasteiger partial charge in [-0.05, 0) is 80.2 Å². The highest BCUT2D eigenvalue weighted by atomic mass is 35.5. The first-order valence-electron chi connectivity index (χ1n) is 27.1. The average Bonchev–Trinajstić information content (AvgIpc) is 3.84. The Morgan fingerprint density at radius 1 is 0.704 bits per heavy atom.